The van der Waals surface area contributed by atoms with E-state index in [2.05, 4.69) is 14.9 Å². The van der Waals surface area contributed by atoms with Crippen LogP contribution in [-0.4, -0.2) is 25.7 Å². The number of methoxy groups -OCH3 is 1. The Morgan fingerprint density at radius 2 is 2.14 bits per heavy atom. The summed E-state index contributed by atoms with van der Waals surface area (Å²) in [5, 5.41) is 6.25. The second-order valence-electron chi connectivity index (χ2n) is 4.60. The first-order valence-corrected chi connectivity index (χ1v) is 7.69. The Morgan fingerprint density at radius 1 is 1.43 bits per heavy atom. The van der Waals surface area contributed by atoms with Gasteiger partial charge in [0.25, 0.3) is 0 Å². The van der Waals surface area contributed by atoms with Gasteiger partial charge in [-0.15, -0.1) is 0 Å². The second-order valence-corrected chi connectivity index (χ2v) is 6.28. The van der Waals surface area contributed by atoms with Gasteiger partial charge in [0.1, 0.15) is 4.90 Å². The smallest absolute Gasteiger partial charge is 0.244 e. The number of aryl methyl sites for hydroxylation is 1. The first-order chi connectivity index (χ1) is 9.85. The van der Waals surface area contributed by atoms with Crippen LogP contribution in [0.3, 0.4) is 0 Å². The van der Waals surface area contributed by atoms with Gasteiger partial charge in [0.15, 0.2) is 11.6 Å². The fraction of sp³-hybridized carbons (Fsp3) is 0.308. The molecule has 1 unspecified atom stereocenters. The third-order valence-electron chi connectivity index (χ3n) is 3.08. The fourth-order valence-corrected chi connectivity index (χ4v) is 3.30. The number of nitrogens with one attached hydrogen (secondary N) is 2. The van der Waals surface area contributed by atoms with Crippen molar-refractivity contribution in [2.45, 2.75) is 24.8 Å². The Morgan fingerprint density at radius 3 is 2.67 bits per heavy atom. The van der Waals surface area contributed by atoms with Gasteiger partial charge in [-0.1, -0.05) is 6.07 Å². The van der Waals surface area contributed by atoms with Gasteiger partial charge in [-0.25, -0.2) is 17.5 Å². The molecule has 0 radical (unpaired) electrons. The standard InChI is InChI=1S/C13H16FN3O3S/c1-8(10-4-5-12(20-3)11(14)6-10)17-21(18,19)13-7-15-16-9(13)2/h4-8,17H,1-3H3,(H,15,16). The predicted octanol–water partition coefficient (Wildman–Crippen LogP) is 1.91. The summed E-state index contributed by atoms with van der Waals surface area (Å²) in [6, 6.07) is 3.72. The molecule has 8 heteroatoms. The lowest BCUT2D eigenvalue weighted by molar-refractivity contribution is 0.386. The Hall–Kier alpha value is -1.93. The number of hydrogen-bond donors (Lipinski definition) is 2. The number of ether oxygens (including phenoxy) is 1. The maximum absolute atomic E-state index is 13.7. The SMILES string of the molecule is COc1ccc(C(C)NS(=O)(=O)c2cn[nH]c2C)cc1F. The molecular weight excluding hydrogens is 297 g/mol. The van der Waals surface area contributed by atoms with E-state index in [1.165, 1.54) is 25.4 Å². The number of sulfonamides is 1. The number of hydrogen-bond acceptors (Lipinski definition) is 4. The highest BCUT2D eigenvalue weighted by atomic mass is 32.2. The Bertz CT molecular complexity index is 743. The lowest BCUT2D eigenvalue weighted by Gasteiger charge is -2.15. The monoisotopic (exact) mass is 313 g/mol. The first-order valence-electron chi connectivity index (χ1n) is 6.21. The predicted molar refractivity (Wildman–Crippen MR) is 75.0 cm³/mol. The summed E-state index contributed by atoms with van der Waals surface area (Å²) in [7, 11) is -2.35. The van der Waals surface area contributed by atoms with Crippen molar-refractivity contribution in [2.75, 3.05) is 7.11 Å². The zero-order valence-corrected chi connectivity index (χ0v) is 12.7. The molecule has 2 N–H and O–H groups in total. The molecule has 0 amide bonds. The molecule has 0 bridgehead atoms. The number of rotatable bonds is 5. The molecule has 0 aliphatic heterocycles. The maximum atomic E-state index is 13.7. The maximum Gasteiger partial charge on any atom is 0.244 e. The molecule has 21 heavy (non-hydrogen) atoms. The van der Waals surface area contributed by atoms with Gasteiger partial charge in [0, 0.05) is 6.04 Å². The van der Waals surface area contributed by atoms with Gasteiger partial charge in [0.05, 0.1) is 19.0 Å². The number of H-pyrrole nitrogens is 1. The van der Waals surface area contributed by atoms with Crippen molar-refractivity contribution in [3.63, 3.8) is 0 Å². The summed E-state index contributed by atoms with van der Waals surface area (Å²) in [5.41, 5.74) is 0.939. The van der Waals surface area contributed by atoms with Crippen LogP contribution in [0.1, 0.15) is 24.2 Å². The van der Waals surface area contributed by atoms with Crippen LogP contribution >= 0.6 is 0 Å². The number of aromatic nitrogens is 2. The van der Waals surface area contributed by atoms with Crippen LogP contribution in [-0.2, 0) is 10.0 Å². The molecule has 1 aromatic heterocycles. The van der Waals surface area contributed by atoms with E-state index in [1.807, 2.05) is 0 Å². The quantitative estimate of drug-likeness (QED) is 0.883. The molecule has 1 aromatic carbocycles. The molecule has 0 saturated heterocycles. The molecule has 1 heterocycles. The van der Waals surface area contributed by atoms with Gasteiger partial charge >= 0.3 is 0 Å². The number of benzene rings is 1. The lowest BCUT2D eigenvalue weighted by Crippen LogP contribution is -2.27. The van der Waals surface area contributed by atoms with Gasteiger partial charge in [-0.3, -0.25) is 5.10 Å². The van der Waals surface area contributed by atoms with E-state index in [0.29, 0.717) is 11.3 Å². The van der Waals surface area contributed by atoms with Crippen molar-refractivity contribution in [2.24, 2.45) is 0 Å². The van der Waals surface area contributed by atoms with Gasteiger partial charge in [0.2, 0.25) is 10.0 Å². The van der Waals surface area contributed by atoms with Crippen molar-refractivity contribution >= 4 is 10.0 Å². The number of nitrogens with zero attached hydrogens (tertiary/aromatic N) is 1. The van der Waals surface area contributed by atoms with Crippen molar-refractivity contribution in [3.8, 4) is 5.75 Å². The summed E-state index contributed by atoms with van der Waals surface area (Å²) in [6.45, 7) is 3.24. The molecule has 0 aliphatic rings. The Labute approximate surface area is 122 Å². The van der Waals surface area contributed by atoms with Crippen molar-refractivity contribution in [1.29, 1.82) is 0 Å². The Kier molecular flexibility index (Phi) is 4.29. The molecule has 2 rings (SSSR count). The molecule has 0 spiro atoms. The average molecular weight is 313 g/mol. The highest BCUT2D eigenvalue weighted by Crippen LogP contribution is 2.23. The van der Waals surface area contributed by atoms with E-state index < -0.39 is 21.9 Å². The van der Waals surface area contributed by atoms with Crippen LogP contribution in [0.5, 0.6) is 5.75 Å². The van der Waals surface area contributed by atoms with Crippen LogP contribution < -0.4 is 9.46 Å². The molecule has 114 valence electrons. The zero-order valence-electron chi connectivity index (χ0n) is 11.8. The minimum absolute atomic E-state index is 0.0725. The normalized spacial score (nSPS) is 13.1. The Balaban J connectivity index is 2.24. The highest BCUT2D eigenvalue weighted by molar-refractivity contribution is 7.89. The van der Waals surface area contributed by atoms with Crippen LogP contribution in [0.4, 0.5) is 4.39 Å². The average Bonchev–Trinajstić information content (AvgIpc) is 2.85. The molecule has 0 fully saturated rings. The van der Waals surface area contributed by atoms with Gasteiger partial charge < -0.3 is 4.74 Å². The highest BCUT2D eigenvalue weighted by Gasteiger charge is 2.22. The van der Waals surface area contributed by atoms with E-state index in [-0.39, 0.29) is 10.6 Å². The molecule has 0 aliphatic carbocycles. The van der Waals surface area contributed by atoms with Crippen LogP contribution in [0.2, 0.25) is 0 Å². The molecular formula is C13H16FN3O3S. The van der Waals surface area contributed by atoms with Gasteiger partial charge in [-0.2, -0.15) is 5.10 Å². The molecule has 0 saturated carbocycles. The fourth-order valence-electron chi connectivity index (χ4n) is 1.93. The van der Waals surface area contributed by atoms with Crippen LogP contribution in [0.15, 0.2) is 29.3 Å². The van der Waals surface area contributed by atoms with E-state index in [1.54, 1.807) is 19.9 Å². The minimum Gasteiger partial charge on any atom is -0.494 e. The summed E-state index contributed by atoms with van der Waals surface area (Å²) < 4.78 is 45.4. The van der Waals surface area contributed by atoms with Crippen molar-refractivity contribution in [3.05, 3.63) is 41.5 Å². The van der Waals surface area contributed by atoms with E-state index in [4.69, 9.17) is 4.74 Å². The van der Waals surface area contributed by atoms with Crippen LogP contribution in [0.25, 0.3) is 0 Å². The third kappa shape index (κ3) is 3.22. The first kappa shape index (κ1) is 15.5. The van der Waals surface area contributed by atoms with Gasteiger partial charge in [-0.05, 0) is 31.5 Å². The third-order valence-corrected chi connectivity index (χ3v) is 4.74. The summed E-state index contributed by atoms with van der Waals surface area (Å²) in [5.74, 6) is -0.431. The summed E-state index contributed by atoms with van der Waals surface area (Å²) >= 11 is 0. The van der Waals surface area contributed by atoms with Crippen molar-refractivity contribution in [1.82, 2.24) is 14.9 Å². The lowest BCUT2D eigenvalue weighted by atomic mass is 10.1. The molecule has 2 aromatic rings. The largest absolute Gasteiger partial charge is 0.494 e. The van der Waals surface area contributed by atoms with E-state index in [9.17, 15) is 12.8 Å². The van der Waals surface area contributed by atoms with E-state index >= 15 is 0 Å². The molecule has 1 atom stereocenters. The van der Waals surface area contributed by atoms with Crippen LogP contribution in [0, 0.1) is 12.7 Å². The minimum atomic E-state index is -3.72. The van der Waals surface area contributed by atoms with Crippen molar-refractivity contribution < 1.29 is 17.5 Å². The van der Waals surface area contributed by atoms with E-state index in [0.717, 1.165) is 0 Å². The molecule has 6 nitrogen and oxygen atoms in total. The number of aromatic amines is 1. The number of halogens is 1. The second kappa shape index (κ2) is 5.82. The zero-order chi connectivity index (χ0) is 15.6. The summed E-state index contributed by atoms with van der Waals surface area (Å²) in [4.78, 5) is 0.0725. The summed E-state index contributed by atoms with van der Waals surface area (Å²) in [6.07, 6.45) is 1.24. The topological polar surface area (TPSA) is 84.1 Å².